The Labute approximate surface area is 69.2 Å². The zero-order valence-corrected chi connectivity index (χ0v) is 7.47. The Balaban J connectivity index is 2.41. The average molecular weight is 158 g/mol. The molecule has 2 nitrogen and oxygen atoms in total. The van der Waals surface area contributed by atoms with E-state index in [1.54, 1.807) is 4.90 Å². The fourth-order valence-corrected chi connectivity index (χ4v) is 2.01. The molecule has 66 valence electrons. The van der Waals surface area contributed by atoms with Gasteiger partial charge >= 0.3 is 0 Å². The van der Waals surface area contributed by atoms with E-state index in [0.29, 0.717) is 12.6 Å². The first-order valence-corrected chi connectivity index (χ1v) is 4.84. The number of hydrogen-bond acceptors (Lipinski definition) is 1. The second kappa shape index (κ2) is 4.73. The molecule has 0 aromatic heterocycles. The van der Waals surface area contributed by atoms with Crippen LogP contribution < -0.4 is 4.90 Å². The van der Waals surface area contributed by atoms with Crippen LogP contribution in [0.5, 0.6) is 0 Å². The number of hydrogen-bond donors (Lipinski definition) is 2. The van der Waals surface area contributed by atoms with Gasteiger partial charge in [0.1, 0.15) is 6.04 Å². The van der Waals surface area contributed by atoms with Gasteiger partial charge in [-0.3, -0.25) is 0 Å². The monoisotopic (exact) mass is 158 g/mol. The molecule has 1 unspecified atom stereocenters. The smallest absolute Gasteiger partial charge is 0.111 e. The summed E-state index contributed by atoms with van der Waals surface area (Å²) in [5.74, 6) is 0. The number of likely N-dealkylation sites (tertiary alicyclic amines) is 1. The van der Waals surface area contributed by atoms with E-state index in [-0.39, 0.29) is 0 Å². The molecule has 0 amide bonds. The van der Waals surface area contributed by atoms with Crippen LogP contribution in [0.15, 0.2) is 0 Å². The summed E-state index contributed by atoms with van der Waals surface area (Å²) in [7, 11) is 0. The van der Waals surface area contributed by atoms with E-state index in [0.717, 1.165) is 0 Å². The summed E-state index contributed by atoms with van der Waals surface area (Å²) in [5.41, 5.74) is 0. The second-order valence-electron chi connectivity index (χ2n) is 3.49. The molecule has 0 bridgehead atoms. The van der Waals surface area contributed by atoms with E-state index in [1.807, 2.05) is 0 Å². The van der Waals surface area contributed by atoms with Crippen molar-refractivity contribution in [1.82, 2.24) is 0 Å². The van der Waals surface area contributed by atoms with Gasteiger partial charge in [0.25, 0.3) is 0 Å². The minimum atomic E-state index is 0.378. The molecule has 1 aliphatic rings. The van der Waals surface area contributed by atoms with Gasteiger partial charge in [0.15, 0.2) is 0 Å². The summed E-state index contributed by atoms with van der Waals surface area (Å²) >= 11 is 0. The molecule has 1 saturated heterocycles. The molecule has 1 aliphatic heterocycles. The molecule has 0 spiro atoms. The molecule has 2 N–H and O–H groups in total. The summed E-state index contributed by atoms with van der Waals surface area (Å²) in [4.78, 5) is 1.60. The van der Waals surface area contributed by atoms with Gasteiger partial charge in [-0.2, -0.15) is 0 Å². The van der Waals surface area contributed by atoms with Crippen molar-refractivity contribution in [2.75, 3.05) is 19.7 Å². The van der Waals surface area contributed by atoms with Crippen molar-refractivity contribution in [3.63, 3.8) is 0 Å². The van der Waals surface area contributed by atoms with Crippen LogP contribution in [0.1, 0.15) is 32.6 Å². The average Bonchev–Trinajstić information content (AvgIpc) is 2.27. The molecule has 1 fully saturated rings. The van der Waals surface area contributed by atoms with Crippen LogP contribution in [0.3, 0.4) is 0 Å². The van der Waals surface area contributed by atoms with Gasteiger partial charge in [-0.05, 0) is 26.2 Å². The molecular formula is C9H20NO+. The van der Waals surface area contributed by atoms with E-state index < -0.39 is 0 Å². The van der Waals surface area contributed by atoms with Crippen molar-refractivity contribution in [1.29, 1.82) is 0 Å². The van der Waals surface area contributed by atoms with Crippen molar-refractivity contribution in [3.8, 4) is 0 Å². The molecule has 1 rings (SSSR count). The van der Waals surface area contributed by atoms with E-state index in [1.165, 1.54) is 38.8 Å². The van der Waals surface area contributed by atoms with Crippen LogP contribution in [0, 0.1) is 0 Å². The molecule has 2 heteroatoms. The first-order valence-electron chi connectivity index (χ1n) is 4.84. The SMILES string of the molecule is CC[NH+]1CCCCC[C@@H]1CO. The van der Waals surface area contributed by atoms with Crippen molar-refractivity contribution in [3.05, 3.63) is 0 Å². The molecule has 11 heavy (non-hydrogen) atoms. The third-order valence-electron chi connectivity index (χ3n) is 2.80. The lowest BCUT2D eigenvalue weighted by molar-refractivity contribution is -0.923. The standard InChI is InChI=1S/C9H19NO/c1-2-10-7-5-3-4-6-9(10)8-11/h9,11H,2-8H2,1H3/p+1/t9-/m1/s1. The van der Waals surface area contributed by atoms with Gasteiger partial charge in [0.05, 0.1) is 19.7 Å². The van der Waals surface area contributed by atoms with E-state index in [2.05, 4.69) is 6.92 Å². The zero-order chi connectivity index (χ0) is 8.10. The summed E-state index contributed by atoms with van der Waals surface area (Å²) in [6, 6.07) is 0.530. The molecule has 0 aromatic carbocycles. The summed E-state index contributed by atoms with van der Waals surface area (Å²) in [6.07, 6.45) is 5.24. The quantitative estimate of drug-likeness (QED) is 0.573. The Morgan fingerprint density at radius 2 is 2.18 bits per heavy atom. The van der Waals surface area contributed by atoms with Gasteiger partial charge in [-0.1, -0.05) is 0 Å². The van der Waals surface area contributed by atoms with Gasteiger partial charge in [-0.15, -0.1) is 0 Å². The van der Waals surface area contributed by atoms with Crippen LogP contribution in [0.4, 0.5) is 0 Å². The van der Waals surface area contributed by atoms with E-state index >= 15 is 0 Å². The van der Waals surface area contributed by atoms with Gasteiger partial charge in [0, 0.05) is 6.42 Å². The zero-order valence-electron chi connectivity index (χ0n) is 7.47. The highest BCUT2D eigenvalue weighted by Crippen LogP contribution is 2.04. The minimum absolute atomic E-state index is 0.378. The highest BCUT2D eigenvalue weighted by atomic mass is 16.3. The number of aliphatic hydroxyl groups is 1. The Hall–Kier alpha value is -0.0800. The summed E-state index contributed by atoms with van der Waals surface area (Å²) < 4.78 is 0. The fraction of sp³-hybridized carbons (Fsp3) is 1.00. The van der Waals surface area contributed by atoms with Gasteiger partial charge in [0.2, 0.25) is 0 Å². The summed E-state index contributed by atoms with van der Waals surface area (Å²) in [5, 5.41) is 9.10. The number of aliphatic hydroxyl groups excluding tert-OH is 1. The van der Waals surface area contributed by atoms with Crippen LogP contribution in [-0.2, 0) is 0 Å². The maximum absolute atomic E-state index is 9.10. The van der Waals surface area contributed by atoms with Crippen LogP contribution >= 0.6 is 0 Å². The first-order chi connectivity index (χ1) is 5.38. The molecule has 0 saturated carbocycles. The Bertz CT molecular complexity index is 93.7. The predicted octanol–water partition coefficient (Wildman–Crippen LogP) is -0.174. The third-order valence-corrected chi connectivity index (χ3v) is 2.80. The fourth-order valence-electron chi connectivity index (χ4n) is 2.01. The minimum Gasteiger partial charge on any atom is -0.390 e. The first kappa shape index (κ1) is 9.01. The highest BCUT2D eigenvalue weighted by molar-refractivity contribution is 4.58. The Morgan fingerprint density at radius 3 is 2.82 bits per heavy atom. The normalized spacial score (nSPS) is 33.3. The third kappa shape index (κ3) is 2.46. The Morgan fingerprint density at radius 1 is 1.36 bits per heavy atom. The molecule has 0 aromatic rings. The maximum Gasteiger partial charge on any atom is 0.111 e. The second-order valence-corrected chi connectivity index (χ2v) is 3.49. The highest BCUT2D eigenvalue weighted by Gasteiger charge is 2.21. The molecule has 2 atom stereocenters. The van der Waals surface area contributed by atoms with Crippen LogP contribution in [0.2, 0.25) is 0 Å². The topological polar surface area (TPSA) is 24.7 Å². The number of nitrogens with one attached hydrogen (secondary N) is 1. The number of quaternary nitrogens is 1. The maximum atomic E-state index is 9.10. The Kier molecular flexibility index (Phi) is 3.87. The summed E-state index contributed by atoms with van der Waals surface area (Å²) in [6.45, 7) is 5.03. The lowest BCUT2D eigenvalue weighted by Gasteiger charge is -2.23. The number of rotatable bonds is 2. The molecule has 1 heterocycles. The molecule has 0 radical (unpaired) electrons. The van der Waals surface area contributed by atoms with Crippen molar-refractivity contribution >= 4 is 0 Å². The van der Waals surface area contributed by atoms with Crippen molar-refractivity contribution in [2.45, 2.75) is 38.6 Å². The van der Waals surface area contributed by atoms with Crippen LogP contribution in [0.25, 0.3) is 0 Å². The van der Waals surface area contributed by atoms with E-state index in [9.17, 15) is 0 Å². The van der Waals surface area contributed by atoms with E-state index in [4.69, 9.17) is 5.11 Å². The largest absolute Gasteiger partial charge is 0.390 e. The van der Waals surface area contributed by atoms with Crippen molar-refractivity contribution in [2.24, 2.45) is 0 Å². The van der Waals surface area contributed by atoms with Gasteiger partial charge in [-0.25, -0.2) is 0 Å². The lowest BCUT2D eigenvalue weighted by atomic mass is 10.1. The molecular weight excluding hydrogens is 138 g/mol. The molecule has 0 aliphatic carbocycles. The van der Waals surface area contributed by atoms with Crippen molar-refractivity contribution < 1.29 is 10.0 Å². The number of likely N-dealkylation sites (N-methyl/N-ethyl adjacent to an activating group) is 1. The predicted molar refractivity (Wildman–Crippen MR) is 45.7 cm³/mol. The lowest BCUT2D eigenvalue weighted by Crippen LogP contribution is -3.15. The van der Waals surface area contributed by atoms with Crippen LogP contribution in [-0.4, -0.2) is 30.8 Å². The van der Waals surface area contributed by atoms with Gasteiger partial charge < -0.3 is 10.0 Å².